The molecule has 0 bridgehead atoms. The molecule has 3 nitrogen and oxygen atoms in total. The highest BCUT2D eigenvalue weighted by Crippen LogP contribution is 2.32. The second-order valence-electron chi connectivity index (χ2n) is 5.68. The summed E-state index contributed by atoms with van der Waals surface area (Å²) in [5, 5.41) is 1.82. The first kappa shape index (κ1) is 14.9. The van der Waals surface area contributed by atoms with Crippen molar-refractivity contribution in [1.29, 1.82) is 0 Å². The van der Waals surface area contributed by atoms with Crippen molar-refractivity contribution >= 4 is 22.5 Å². The van der Waals surface area contributed by atoms with Gasteiger partial charge in [-0.3, -0.25) is 4.98 Å². The van der Waals surface area contributed by atoms with Gasteiger partial charge < -0.3 is 4.98 Å². The lowest BCUT2D eigenvalue weighted by molar-refractivity contribution is 0.992. The molecule has 0 fully saturated rings. The third-order valence-corrected chi connectivity index (χ3v) is 4.31. The van der Waals surface area contributed by atoms with Crippen LogP contribution in [0.25, 0.3) is 33.4 Å². The Morgan fingerprint density at radius 2 is 1.92 bits per heavy atom. The Morgan fingerprint density at radius 1 is 1.00 bits per heavy atom. The minimum absolute atomic E-state index is 0.710. The van der Waals surface area contributed by atoms with Crippen molar-refractivity contribution in [2.75, 3.05) is 0 Å². The SMILES string of the molecule is CCc1nc(-c2cccc(Cl)c2)c(-c2ccc3ncccc3c2)[nH]1. The highest BCUT2D eigenvalue weighted by atomic mass is 35.5. The van der Waals surface area contributed by atoms with Gasteiger partial charge in [-0.1, -0.05) is 42.8 Å². The second kappa shape index (κ2) is 6.10. The third-order valence-electron chi connectivity index (χ3n) is 4.08. The Morgan fingerprint density at radius 3 is 2.75 bits per heavy atom. The van der Waals surface area contributed by atoms with Crippen LogP contribution in [0.1, 0.15) is 12.7 Å². The van der Waals surface area contributed by atoms with E-state index in [1.54, 1.807) is 0 Å². The molecule has 0 aliphatic rings. The zero-order valence-corrected chi connectivity index (χ0v) is 14.0. The fourth-order valence-electron chi connectivity index (χ4n) is 2.87. The number of aromatic nitrogens is 3. The topological polar surface area (TPSA) is 41.6 Å². The molecule has 118 valence electrons. The number of benzene rings is 2. The molecular weight excluding hydrogens is 318 g/mol. The number of H-pyrrole nitrogens is 1. The van der Waals surface area contributed by atoms with Crippen molar-refractivity contribution in [3.05, 3.63) is 71.6 Å². The number of pyridine rings is 1. The Labute approximate surface area is 145 Å². The van der Waals surface area contributed by atoms with Crippen molar-refractivity contribution in [3.63, 3.8) is 0 Å². The highest BCUT2D eigenvalue weighted by molar-refractivity contribution is 6.30. The molecule has 4 rings (SSSR count). The minimum atomic E-state index is 0.710. The molecule has 0 saturated heterocycles. The van der Waals surface area contributed by atoms with E-state index >= 15 is 0 Å². The Hall–Kier alpha value is -2.65. The van der Waals surface area contributed by atoms with Crippen LogP contribution in [0.2, 0.25) is 5.02 Å². The first-order valence-corrected chi connectivity index (χ1v) is 8.32. The fraction of sp³-hybridized carbons (Fsp3) is 0.100. The van der Waals surface area contributed by atoms with Crippen LogP contribution in [0, 0.1) is 0 Å². The fourth-order valence-corrected chi connectivity index (χ4v) is 3.06. The summed E-state index contributed by atoms with van der Waals surface area (Å²) in [6.07, 6.45) is 2.66. The summed E-state index contributed by atoms with van der Waals surface area (Å²) >= 11 is 6.17. The van der Waals surface area contributed by atoms with Gasteiger partial charge in [0.05, 0.1) is 16.9 Å². The molecule has 1 N–H and O–H groups in total. The number of hydrogen-bond acceptors (Lipinski definition) is 2. The van der Waals surface area contributed by atoms with Gasteiger partial charge in [0.25, 0.3) is 0 Å². The normalized spacial score (nSPS) is 11.1. The van der Waals surface area contributed by atoms with E-state index in [0.29, 0.717) is 5.02 Å². The van der Waals surface area contributed by atoms with Crippen LogP contribution in [-0.4, -0.2) is 15.0 Å². The summed E-state index contributed by atoms with van der Waals surface area (Å²) in [5.41, 5.74) is 5.04. The predicted octanol–water partition coefficient (Wildman–Crippen LogP) is 5.51. The molecular formula is C20H16ClN3. The van der Waals surface area contributed by atoms with Crippen molar-refractivity contribution in [2.24, 2.45) is 0 Å². The lowest BCUT2D eigenvalue weighted by Crippen LogP contribution is -1.85. The minimum Gasteiger partial charge on any atom is -0.341 e. The van der Waals surface area contributed by atoms with Crippen molar-refractivity contribution in [1.82, 2.24) is 15.0 Å². The van der Waals surface area contributed by atoms with E-state index in [1.165, 1.54) is 0 Å². The number of fused-ring (bicyclic) bond motifs is 1. The number of rotatable bonds is 3. The van der Waals surface area contributed by atoms with E-state index < -0.39 is 0 Å². The van der Waals surface area contributed by atoms with E-state index in [4.69, 9.17) is 16.6 Å². The van der Waals surface area contributed by atoms with Gasteiger partial charge in [-0.15, -0.1) is 0 Å². The Balaban J connectivity index is 1.91. The molecule has 0 amide bonds. The van der Waals surface area contributed by atoms with Gasteiger partial charge in [0, 0.05) is 34.2 Å². The number of halogens is 1. The zero-order valence-electron chi connectivity index (χ0n) is 13.3. The number of imidazole rings is 1. The van der Waals surface area contributed by atoms with Crippen molar-refractivity contribution in [3.8, 4) is 22.5 Å². The second-order valence-corrected chi connectivity index (χ2v) is 6.12. The van der Waals surface area contributed by atoms with Crippen molar-refractivity contribution in [2.45, 2.75) is 13.3 Å². The van der Waals surface area contributed by atoms with Crippen LogP contribution >= 0.6 is 11.6 Å². The van der Waals surface area contributed by atoms with Crippen LogP contribution in [-0.2, 0) is 6.42 Å². The third kappa shape index (κ3) is 2.68. The molecule has 4 aromatic rings. The highest BCUT2D eigenvalue weighted by Gasteiger charge is 2.14. The summed E-state index contributed by atoms with van der Waals surface area (Å²) in [7, 11) is 0. The smallest absolute Gasteiger partial charge is 0.106 e. The summed E-state index contributed by atoms with van der Waals surface area (Å²) in [6, 6.07) is 18.1. The number of nitrogens with zero attached hydrogens (tertiary/aromatic N) is 2. The monoisotopic (exact) mass is 333 g/mol. The van der Waals surface area contributed by atoms with E-state index in [1.807, 2.05) is 42.6 Å². The lowest BCUT2D eigenvalue weighted by atomic mass is 10.0. The van der Waals surface area contributed by atoms with E-state index in [9.17, 15) is 0 Å². The molecule has 2 aromatic heterocycles. The molecule has 2 aromatic carbocycles. The van der Waals surface area contributed by atoms with Gasteiger partial charge in [0.1, 0.15) is 5.82 Å². The predicted molar refractivity (Wildman–Crippen MR) is 99.1 cm³/mol. The molecule has 0 unspecified atom stereocenters. The first-order chi connectivity index (χ1) is 11.7. The van der Waals surface area contributed by atoms with E-state index in [2.05, 4.69) is 35.1 Å². The quantitative estimate of drug-likeness (QED) is 0.537. The molecule has 2 heterocycles. The standard InChI is InChI=1S/C20H16ClN3/c1-2-18-23-19(14-5-3-7-16(21)12-14)20(24-18)15-8-9-17-13(11-15)6-4-10-22-17/h3-12H,2H2,1H3,(H,23,24). The van der Waals surface area contributed by atoms with E-state index in [-0.39, 0.29) is 0 Å². The molecule has 0 radical (unpaired) electrons. The molecule has 0 aliphatic heterocycles. The Bertz CT molecular complexity index is 1020. The van der Waals surface area contributed by atoms with Crippen molar-refractivity contribution < 1.29 is 0 Å². The average molecular weight is 334 g/mol. The molecule has 0 saturated carbocycles. The number of nitrogens with one attached hydrogen (secondary N) is 1. The molecule has 24 heavy (non-hydrogen) atoms. The first-order valence-electron chi connectivity index (χ1n) is 7.94. The molecule has 0 spiro atoms. The number of aromatic amines is 1. The van der Waals surface area contributed by atoms with Gasteiger partial charge in [-0.05, 0) is 30.3 Å². The maximum Gasteiger partial charge on any atom is 0.106 e. The summed E-state index contributed by atoms with van der Waals surface area (Å²) in [6.45, 7) is 2.09. The lowest BCUT2D eigenvalue weighted by Gasteiger charge is -2.05. The van der Waals surface area contributed by atoms with Crippen LogP contribution < -0.4 is 0 Å². The summed E-state index contributed by atoms with van der Waals surface area (Å²) in [5.74, 6) is 0.964. The average Bonchev–Trinajstić information content (AvgIpc) is 3.06. The molecule has 4 heteroatoms. The Kier molecular flexibility index (Phi) is 3.79. The van der Waals surface area contributed by atoms with Crippen LogP contribution in [0.4, 0.5) is 0 Å². The van der Waals surface area contributed by atoms with Gasteiger partial charge >= 0.3 is 0 Å². The van der Waals surface area contributed by atoms with Gasteiger partial charge in [-0.2, -0.15) is 0 Å². The van der Waals surface area contributed by atoms with Gasteiger partial charge in [0.15, 0.2) is 0 Å². The maximum atomic E-state index is 6.17. The van der Waals surface area contributed by atoms with Gasteiger partial charge in [0.2, 0.25) is 0 Å². The summed E-state index contributed by atoms with van der Waals surface area (Å²) < 4.78 is 0. The van der Waals surface area contributed by atoms with Crippen LogP contribution in [0.3, 0.4) is 0 Å². The summed E-state index contributed by atoms with van der Waals surface area (Å²) in [4.78, 5) is 12.6. The van der Waals surface area contributed by atoms with Gasteiger partial charge in [-0.25, -0.2) is 4.98 Å². The number of aryl methyl sites for hydroxylation is 1. The zero-order chi connectivity index (χ0) is 16.5. The number of hydrogen-bond donors (Lipinski definition) is 1. The van der Waals surface area contributed by atoms with E-state index in [0.717, 1.165) is 45.7 Å². The molecule has 0 aliphatic carbocycles. The maximum absolute atomic E-state index is 6.17. The largest absolute Gasteiger partial charge is 0.341 e. The molecule has 0 atom stereocenters. The van der Waals surface area contributed by atoms with Crippen LogP contribution in [0.5, 0.6) is 0 Å². The van der Waals surface area contributed by atoms with Crippen LogP contribution in [0.15, 0.2) is 60.8 Å².